The molecule has 18 heavy (non-hydrogen) atoms. The second-order valence-corrected chi connectivity index (χ2v) is 5.75. The average molecular weight is 268 g/mol. The molecule has 1 aliphatic rings. The Morgan fingerprint density at radius 2 is 2.22 bits per heavy atom. The lowest BCUT2D eigenvalue weighted by atomic mass is 10.1. The maximum atomic E-state index is 11.8. The Morgan fingerprint density at radius 3 is 2.72 bits per heavy atom. The Morgan fingerprint density at radius 1 is 1.56 bits per heavy atom. The fourth-order valence-corrected chi connectivity index (χ4v) is 2.70. The van der Waals surface area contributed by atoms with Crippen LogP contribution in [-0.4, -0.2) is 22.0 Å². The normalized spacial score (nSPS) is 16.3. The van der Waals surface area contributed by atoms with Crippen LogP contribution < -0.4 is 5.32 Å². The minimum absolute atomic E-state index is 0.0298. The monoisotopic (exact) mass is 268 g/mol. The molecule has 0 aromatic carbocycles. The van der Waals surface area contributed by atoms with E-state index in [1.165, 1.54) is 0 Å². The number of nitrogens with zero attached hydrogens (tertiary/aromatic N) is 1. The molecule has 0 bridgehead atoms. The molecule has 6 heteroatoms. The number of thiazole rings is 1. The Kier molecular flexibility index (Phi) is 3.65. The van der Waals surface area contributed by atoms with Crippen LogP contribution in [0.1, 0.15) is 40.1 Å². The van der Waals surface area contributed by atoms with Crippen molar-refractivity contribution in [2.24, 2.45) is 11.8 Å². The van der Waals surface area contributed by atoms with E-state index in [1.54, 1.807) is 6.92 Å². The van der Waals surface area contributed by atoms with Gasteiger partial charge in [0.05, 0.1) is 12.2 Å². The smallest absolute Gasteiger partial charge is 0.347 e. The fraction of sp³-hybridized carbons (Fsp3) is 0.583. The Bertz CT molecular complexity index is 480. The van der Waals surface area contributed by atoms with Gasteiger partial charge in [0.15, 0.2) is 0 Å². The van der Waals surface area contributed by atoms with E-state index in [9.17, 15) is 9.59 Å². The van der Waals surface area contributed by atoms with Gasteiger partial charge in [-0.1, -0.05) is 6.92 Å². The van der Waals surface area contributed by atoms with Crippen molar-refractivity contribution in [1.29, 1.82) is 0 Å². The summed E-state index contributed by atoms with van der Waals surface area (Å²) in [5, 5.41) is 12.4. The number of aromatic nitrogens is 1. The topological polar surface area (TPSA) is 79.3 Å². The van der Waals surface area contributed by atoms with E-state index in [2.05, 4.69) is 10.3 Å². The summed E-state index contributed by atoms with van der Waals surface area (Å²) >= 11 is 1.12. The number of carbonyl (C=O) groups is 2. The van der Waals surface area contributed by atoms with Crippen LogP contribution in [0, 0.1) is 18.8 Å². The Hall–Kier alpha value is -1.43. The molecule has 2 N–H and O–H groups in total. The zero-order chi connectivity index (χ0) is 13.3. The molecule has 5 nitrogen and oxygen atoms in total. The summed E-state index contributed by atoms with van der Waals surface area (Å²) in [6, 6.07) is 0. The van der Waals surface area contributed by atoms with Gasteiger partial charge in [0.1, 0.15) is 9.88 Å². The third kappa shape index (κ3) is 2.87. The van der Waals surface area contributed by atoms with Crippen molar-refractivity contribution < 1.29 is 14.7 Å². The van der Waals surface area contributed by atoms with E-state index >= 15 is 0 Å². The minimum Gasteiger partial charge on any atom is -0.477 e. The van der Waals surface area contributed by atoms with E-state index in [0.717, 1.165) is 24.2 Å². The van der Waals surface area contributed by atoms with Gasteiger partial charge in [-0.3, -0.25) is 4.79 Å². The minimum atomic E-state index is -0.964. The van der Waals surface area contributed by atoms with Crippen LogP contribution in [0.4, 0.5) is 0 Å². The highest BCUT2D eigenvalue weighted by Gasteiger charge is 2.32. The third-order valence-electron chi connectivity index (χ3n) is 3.19. The molecule has 0 aliphatic heterocycles. The van der Waals surface area contributed by atoms with Gasteiger partial charge in [-0.15, -0.1) is 11.3 Å². The van der Waals surface area contributed by atoms with Gasteiger partial charge >= 0.3 is 5.97 Å². The van der Waals surface area contributed by atoms with Gasteiger partial charge in [0.25, 0.3) is 0 Å². The molecular weight excluding hydrogens is 252 g/mol. The average Bonchev–Trinajstić information content (AvgIpc) is 3.09. The molecule has 1 fully saturated rings. The predicted octanol–water partition coefficient (Wildman–Crippen LogP) is 1.81. The molecule has 2 rings (SSSR count). The lowest BCUT2D eigenvalue weighted by Gasteiger charge is -2.09. The zero-order valence-corrected chi connectivity index (χ0v) is 11.2. The van der Waals surface area contributed by atoms with Gasteiger partial charge in [-0.2, -0.15) is 0 Å². The van der Waals surface area contributed by atoms with E-state index in [4.69, 9.17) is 5.11 Å². The van der Waals surface area contributed by atoms with Crippen molar-refractivity contribution in [3.05, 3.63) is 15.6 Å². The molecule has 1 heterocycles. The quantitative estimate of drug-likeness (QED) is 0.853. The molecule has 1 aromatic heterocycles. The molecule has 0 saturated heterocycles. The largest absolute Gasteiger partial charge is 0.477 e. The highest BCUT2D eigenvalue weighted by atomic mass is 32.1. The van der Waals surface area contributed by atoms with Crippen molar-refractivity contribution >= 4 is 23.2 Å². The number of nitrogens with one attached hydrogen (secondary N) is 1. The lowest BCUT2D eigenvalue weighted by Crippen LogP contribution is -2.29. The number of hydrogen-bond donors (Lipinski definition) is 2. The first kappa shape index (κ1) is 13.0. The number of aromatic carboxylic acids is 1. The highest BCUT2D eigenvalue weighted by molar-refractivity contribution is 7.13. The van der Waals surface area contributed by atoms with Gasteiger partial charge in [0.2, 0.25) is 5.91 Å². The maximum Gasteiger partial charge on any atom is 0.347 e. The molecule has 1 amide bonds. The van der Waals surface area contributed by atoms with Gasteiger partial charge in [-0.25, -0.2) is 9.78 Å². The van der Waals surface area contributed by atoms with Crippen LogP contribution in [0.2, 0.25) is 0 Å². The van der Waals surface area contributed by atoms with Gasteiger partial charge in [0, 0.05) is 5.92 Å². The molecule has 1 aromatic rings. The predicted molar refractivity (Wildman–Crippen MR) is 67.5 cm³/mol. The number of rotatable bonds is 5. The van der Waals surface area contributed by atoms with E-state index in [0.29, 0.717) is 23.2 Å². The third-order valence-corrected chi connectivity index (χ3v) is 4.34. The highest BCUT2D eigenvalue weighted by Crippen LogP contribution is 2.36. The summed E-state index contributed by atoms with van der Waals surface area (Å²) < 4.78 is 0. The number of amides is 1. The molecule has 1 saturated carbocycles. The molecule has 0 radical (unpaired) electrons. The van der Waals surface area contributed by atoms with Crippen LogP contribution >= 0.6 is 11.3 Å². The van der Waals surface area contributed by atoms with Crippen molar-refractivity contribution in [3.8, 4) is 0 Å². The standard InChI is InChI=1S/C12H16N2O3S/c1-6(8-3-4-8)11(15)13-5-9-14-7(2)10(18-9)12(16)17/h6,8H,3-5H2,1-2H3,(H,13,15)(H,16,17). The van der Waals surface area contributed by atoms with Crippen LogP contribution in [-0.2, 0) is 11.3 Å². The number of carboxylic acids is 1. The summed E-state index contributed by atoms with van der Waals surface area (Å²) in [6.07, 6.45) is 2.27. The van der Waals surface area contributed by atoms with Crippen LogP contribution in [0.5, 0.6) is 0 Å². The van der Waals surface area contributed by atoms with E-state index < -0.39 is 5.97 Å². The summed E-state index contributed by atoms with van der Waals surface area (Å²) in [5.74, 6) is -0.362. The summed E-state index contributed by atoms with van der Waals surface area (Å²) in [5.41, 5.74) is 0.506. The fourth-order valence-electron chi connectivity index (χ4n) is 1.86. The first-order valence-electron chi connectivity index (χ1n) is 5.96. The van der Waals surface area contributed by atoms with Crippen LogP contribution in [0.15, 0.2) is 0 Å². The van der Waals surface area contributed by atoms with E-state index in [-0.39, 0.29) is 16.7 Å². The molecule has 1 aliphatic carbocycles. The van der Waals surface area contributed by atoms with Crippen molar-refractivity contribution in [2.45, 2.75) is 33.2 Å². The van der Waals surface area contributed by atoms with E-state index in [1.807, 2.05) is 6.92 Å². The summed E-state index contributed by atoms with van der Waals surface area (Å²) in [7, 11) is 0. The first-order chi connectivity index (χ1) is 8.49. The van der Waals surface area contributed by atoms with Crippen molar-refractivity contribution in [2.75, 3.05) is 0 Å². The molecule has 1 atom stereocenters. The maximum absolute atomic E-state index is 11.8. The Balaban J connectivity index is 1.91. The SMILES string of the molecule is Cc1nc(CNC(=O)C(C)C2CC2)sc1C(=O)O. The molecule has 98 valence electrons. The second kappa shape index (κ2) is 5.06. The number of carbonyl (C=O) groups excluding carboxylic acids is 1. The summed E-state index contributed by atoms with van der Waals surface area (Å²) in [4.78, 5) is 27.0. The van der Waals surface area contributed by atoms with Crippen LogP contribution in [0.3, 0.4) is 0 Å². The summed E-state index contributed by atoms with van der Waals surface area (Å²) in [6.45, 7) is 3.91. The Labute approximate surface area is 109 Å². The van der Waals surface area contributed by atoms with Crippen LogP contribution in [0.25, 0.3) is 0 Å². The molecular formula is C12H16N2O3S. The second-order valence-electron chi connectivity index (χ2n) is 4.67. The van der Waals surface area contributed by atoms with Crippen molar-refractivity contribution in [1.82, 2.24) is 10.3 Å². The number of carboxylic acid groups (broad SMARTS) is 1. The molecule has 0 spiro atoms. The number of hydrogen-bond acceptors (Lipinski definition) is 4. The first-order valence-corrected chi connectivity index (χ1v) is 6.78. The van der Waals surface area contributed by atoms with Gasteiger partial charge < -0.3 is 10.4 Å². The van der Waals surface area contributed by atoms with Crippen molar-refractivity contribution in [3.63, 3.8) is 0 Å². The molecule has 1 unspecified atom stereocenters. The van der Waals surface area contributed by atoms with Gasteiger partial charge in [-0.05, 0) is 25.7 Å². The number of aryl methyl sites for hydroxylation is 1. The lowest BCUT2D eigenvalue weighted by molar-refractivity contribution is -0.125. The zero-order valence-electron chi connectivity index (χ0n) is 10.4.